The summed E-state index contributed by atoms with van der Waals surface area (Å²) < 4.78 is 5.21. The molecule has 2 rings (SSSR count). The molecule has 0 fully saturated rings. The van der Waals surface area contributed by atoms with E-state index in [1.807, 2.05) is 0 Å². The number of nitrogens with zero attached hydrogens (tertiary/aromatic N) is 1. The number of benzene rings is 2. The highest BCUT2D eigenvalue weighted by Gasteiger charge is 2.16. The first-order valence-corrected chi connectivity index (χ1v) is 9.76. The summed E-state index contributed by atoms with van der Waals surface area (Å²) in [5, 5.41) is 5.33. The van der Waals surface area contributed by atoms with Gasteiger partial charge in [-0.05, 0) is 75.0 Å². The number of ether oxygens (including phenoxy) is 1. The second-order valence-corrected chi connectivity index (χ2v) is 8.47. The van der Waals surface area contributed by atoms with Crippen molar-refractivity contribution in [3.8, 4) is 0 Å². The first-order chi connectivity index (χ1) is 13.5. The van der Waals surface area contributed by atoms with Crippen molar-refractivity contribution in [3.63, 3.8) is 0 Å². The molecule has 3 amide bonds. The van der Waals surface area contributed by atoms with Crippen LogP contribution in [0.25, 0.3) is 0 Å². The SMILES string of the molecule is CN(C)C(=O)Sc1ccc(NC(=O)c2cccc(NC(=O)OC(C)(C)C)c2)cc1. The van der Waals surface area contributed by atoms with Crippen LogP contribution in [-0.4, -0.2) is 41.8 Å². The summed E-state index contributed by atoms with van der Waals surface area (Å²) in [5.74, 6) is -0.317. The predicted octanol–water partition coefficient (Wildman–Crippen LogP) is 5.06. The number of carbonyl (C=O) groups excluding carboxylic acids is 3. The third kappa shape index (κ3) is 7.50. The van der Waals surface area contributed by atoms with Crippen LogP contribution in [-0.2, 0) is 4.74 Å². The Kier molecular flexibility index (Phi) is 7.28. The highest BCUT2D eigenvalue weighted by atomic mass is 32.2. The summed E-state index contributed by atoms with van der Waals surface area (Å²) in [4.78, 5) is 38.4. The van der Waals surface area contributed by atoms with Crippen LogP contribution in [0.15, 0.2) is 53.4 Å². The second kappa shape index (κ2) is 9.47. The van der Waals surface area contributed by atoms with E-state index in [2.05, 4.69) is 10.6 Å². The topological polar surface area (TPSA) is 87.7 Å². The van der Waals surface area contributed by atoms with Crippen molar-refractivity contribution in [2.75, 3.05) is 24.7 Å². The highest BCUT2D eigenvalue weighted by molar-refractivity contribution is 8.13. The molecule has 7 nitrogen and oxygen atoms in total. The lowest BCUT2D eigenvalue weighted by Crippen LogP contribution is -2.27. The molecule has 154 valence electrons. The standard InChI is InChI=1S/C21H25N3O4S/c1-21(2,3)28-19(26)23-16-8-6-7-14(13-16)18(25)22-15-9-11-17(12-10-15)29-20(27)24(4)5/h6-13H,1-5H3,(H,22,25)(H,23,26). The molecule has 0 unspecified atom stereocenters. The summed E-state index contributed by atoms with van der Waals surface area (Å²) in [6.45, 7) is 5.32. The Balaban J connectivity index is 2.00. The summed E-state index contributed by atoms with van der Waals surface area (Å²) in [7, 11) is 3.38. The van der Waals surface area contributed by atoms with Gasteiger partial charge in [0.15, 0.2) is 0 Å². The van der Waals surface area contributed by atoms with Crippen molar-refractivity contribution in [2.24, 2.45) is 0 Å². The lowest BCUT2D eigenvalue weighted by Gasteiger charge is -2.19. The number of thioether (sulfide) groups is 1. The smallest absolute Gasteiger partial charge is 0.412 e. The van der Waals surface area contributed by atoms with Gasteiger partial charge in [0.05, 0.1) is 0 Å². The van der Waals surface area contributed by atoms with Gasteiger partial charge in [-0.1, -0.05) is 6.07 Å². The molecule has 0 aromatic heterocycles. The van der Waals surface area contributed by atoms with Gasteiger partial charge in [0.1, 0.15) is 5.60 Å². The van der Waals surface area contributed by atoms with Gasteiger partial charge in [-0.3, -0.25) is 14.9 Å². The van der Waals surface area contributed by atoms with E-state index < -0.39 is 11.7 Å². The van der Waals surface area contributed by atoms with Gasteiger partial charge in [0.2, 0.25) is 0 Å². The lowest BCUT2D eigenvalue weighted by molar-refractivity contribution is 0.0635. The van der Waals surface area contributed by atoms with Crippen molar-refractivity contribution in [2.45, 2.75) is 31.3 Å². The van der Waals surface area contributed by atoms with Crippen molar-refractivity contribution < 1.29 is 19.1 Å². The molecule has 0 aliphatic carbocycles. The largest absolute Gasteiger partial charge is 0.444 e. The molecular formula is C21H25N3O4S. The van der Waals surface area contributed by atoms with Crippen molar-refractivity contribution in [1.82, 2.24) is 4.90 Å². The first-order valence-electron chi connectivity index (χ1n) is 8.94. The number of hydrogen-bond acceptors (Lipinski definition) is 5. The van der Waals surface area contributed by atoms with Crippen LogP contribution in [0, 0.1) is 0 Å². The lowest BCUT2D eigenvalue weighted by atomic mass is 10.2. The van der Waals surface area contributed by atoms with Crippen molar-refractivity contribution in [3.05, 3.63) is 54.1 Å². The van der Waals surface area contributed by atoms with Gasteiger partial charge in [-0.2, -0.15) is 0 Å². The number of hydrogen-bond donors (Lipinski definition) is 2. The van der Waals surface area contributed by atoms with E-state index in [0.29, 0.717) is 16.9 Å². The fraction of sp³-hybridized carbons (Fsp3) is 0.286. The van der Waals surface area contributed by atoms with Crippen LogP contribution in [0.5, 0.6) is 0 Å². The molecule has 2 aromatic carbocycles. The Hall–Kier alpha value is -3.00. The zero-order valence-corrected chi connectivity index (χ0v) is 17.9. The van der Waals surface area contributed by atoms with Gasteiger partial charge < -0.3 is 15.0 Å². The predicted molar refractivity (Wildman–Crippen MR) is 116 cm³/mol. The van der Waals surface area contributed by atoms with Gasteiger partial charge in [0, 0.05) is 35.9 Å². The number of rotatable bonds is 4. The highest BCUT2D eigenvalue weighted by Crippen LogP contribution is 2.23. The number of carbonyl (C=O) groups is 3. The van der Waals surface area contributed by atoms with E-state index in [0.717, 1.165) is 16.7 Å². The maximum Gasteiger partial charge on any atom is 0.412 e. The van der Waals surface area contributed by atoms with Crippen molar-refractivity contribution in [1.29, 1.82) is 0 Å². The average Bonchev–Trinajstić information content (AvgIpc) is 2.61. The van der Waals surface area contributed by atoms with Crippen molar-refractivity contribution >= 4 is 40.4 Å². The minimum Gasteiger partial charge on any atom is -0.444 e. The maximum atomic E-state index is 12.5. The van der Waals surface area contributed by atoms with E-state index in [4.69, 9.17) is 4.74 Å². The molecule has 0 bridgehead atoms. The summed E-state index contributed by atoms with van der Waals surface area (Å²) in [6, 6.07) is 13.6. The van der Waals surface area contributed by atoms with E-state index in [1.54, 1.807) is 83.4 Å². The molecule has 0 saturated heterocycles. The average molecular weight is 416 g/mol. The molecule has 0 aliphatic heterocycles. The second-order valence-electron chi connectivity index (χ2n) is 7.45. The maximum absolute atomic E-state index is 12.5. The summed E-state index contributed by atoms with van der Waals surface area (Å²) in [6.07, 6.45) is -0.588. The Bertz CT molecular complexity index is 890. The molecule has 0 aliphatic rings. The quantitative estimate of drug-likeness (QED) is 0.682. The first kappa shape index (κ1) is 22.3. The number of anilines is 2. The van der Waals surface area contributed by atoms with Gasteiger partial charge >= 0.3 is 6.09 Å². The molecule has 0 heterocycles. The minimum atomic E-state index is -0.610. The third-order valence-electron chi connectivity index (χ3n) is 3.45. The third-order valence-corrected chi connectivity index (χ3v) is 4.50. The number of amides is 3. The van der Waals surface area contributed by atoms with Gasteiger partial charge in [-0.15, -0.1) is 0 Å². The summed E-state index contributed by atoms with van der Waals surface area (Å²) >= 11 is 1.11. The molecular weight excluding hydrogens is 390 g/mol. The van der Waals surface area contributed by atoms with Gasteiger partial charge in [0.25, 0.3) is 11.1 Å². The molecule has 2 N–H and O–H groups in total. The van der Waals surface area contributed by atoms with Crippen LogP contribution in [0.2, 0.25) is 0 Å². The monoisotopic (exact) mass is 415 g/mol. The fourth-order valence-corrected chi connectivity index (χ4v) is 2.82. The molecule has 0 spiro atoms. The summed E-state index contributed by atoms with van der Waals surface area (Å²) in [5.41, 5.74) is 0.837. The van der Waals surface area contributed by atoms with Gasteiger partial charge in [-0.25, -0.2) is 4.79 Å². The van der Waals surface area contributed by atoms with Crippen LogP contribution in [0.1, 0.15) is 31.1 Å². The molecule has 0 atom stereocenters. The number of nitrogens with one attached hydrogen (secondary N) is 2. The van der Waals surface area contributed by atoms with Crippen LogP contribution in [0.4, 0.5) is 21.0 Å². The Morgan fingerprint density at radius 1 is 0.931 bits per heavy atom. The van der Waals surface area contributed by atoms with E-state index in [1.165, 1.54) is 4.90 Å². The molecule has 0 saturated carbocycles. The van der Waals surface area contributed by atoms with E-state index in [9.17, 15) is 14.4 Å². The van der Waals surface area contributed by atoms with E-state index in [-0.39, 0.29) is 11.1 Å². The Labute approximate surface area is 174 Å². The molecule has 0 radical (unpaired) electrons. The minimum absolute atomic E-state index is 0.0731. The zero-order valence-electron chi connectivity index (χ0n) is 17.1. The molecule has 29 heavy (non-hydrogen) atoms. The van der Waals surface area contributed by atoms with Crippen LogP contribution >= 0.6 is 11.8 Å². The Morgan fingerprint density at radius 3 is 2.17 bits per heavy atom. The Morgan fingerprint density at radius 2 is 1.59 bits per heavy atom. The van der Waals surface area contributed by atoms with E-state index >= 15 is 0 Å². The molecule has 2 aromatic rings. The fourth-order valence-electron chi connectivity index (χ4n) is 2.16. The molecule has 8 heteroatoms. The zero-order chi connectivity index (χ0) is 21.6. The van der Waals surface area contributed by atoms with Crippen LogP contribution in [0.3, 0.4) is 0 Å². The normalized spacial score (nSPS) is 10.8. The van der Waals surface area contributed by atoms with Crippen LogP contribution < -0.4 is 10.6 Å².